The summed E-state index contributed by atoms with van der Waals surface area (Å²) >= 11 is 8.46. The van der Waals surface area contributed by atoms with Crippen LogP contribution in [0.3, 0.4) is 0 Å². The Kier molecular flexibility index (Phi) is 11.8. The van der Waals surface area contributed by atoms with Crippen LogP contribution in [0, 0.1) is 5.41 Å². The Hall–Kier alpha value is -3.56. The highest BCUT2D eigenvalue weighted by atomic mass is 32.7. The first-order valence-corrected chi connectivity index (χ1v) is 26.1. The Balaban J connectivity index is 0.000000163. The zero-order valence-electron chi connectivity index (χ0n) is 32.6. The third kappa shape index (κ3) is 8.20. The summed E-state index contributed by atoms with van der Waals surface area (Å²) in [7, 11) is 0. The summed E-state index contributed by atoms with van der Waals surface area (Å²) in [6.45, 7) is -2.31. The Morgan fingerprint density at radius 3 is 1.87 bits per heavy atom. The quantitative estimate of drug-likeness (QED) is 0.101. The van der Waals surface area contributed by atoms with Crippen molar-refractivity contribution in [3.63, 3.8) is 0 Å². The lowest BCUT2D eigenvalue weighted by Gasteiger charge is -2.38. The van der Waals surface area contributed by atoms with Gasteiger partial charge in [0, 0.05) is 11.4 Å². The first kappa shape index (κ1) is 43.7. The van der Waals surface area contributed by atoms with E-state index in [0.29, 0.717) is 34.0 Å². The first-order valence-electron chi connectivity index (χ1n) is 18.6. The highest BCUT2D eigenvalue weighted by molar-refractivity contribution is 8.55. The topological polar surface area (TPSA) is 302 Å². The number of fused-ring (bicyclic) bond motifs is 4. The number of carbonyl (C=O) groups is 1. The van der Waals surface area contributed by atoms with Gasteiger partial charge in [0.15, 0.2) is 58.1 Å². The maximum absolute atomic E-state index is 13.2. The smallest absolute Gasteiger partial charge is 0.392 e. The number of esters is 1. The average molecular weight is 968 g/mol. The molecule has 28 heteroatoms. The van der Waals surface area contributed by atoms with Crippen molar-refractivity contribution in [1.29, 1.82) is 0 Å². The van der Waals surface area contributed by atoms with E-state index in [0.717, 1.165) is 21.1 Å². The molecule has 0 saturated carbocycles. The number of nitrogens with two attached hydrogens (primary N) is 2. The lowest BCUT2D eigenvalue weighted by Crippen LogP contribution is -2.41. The second-order valence-electron chi connectivity index (χ2n) is 15.1. The van der Waals surface area contributed by atoms with Crippen LogP contribution in [0.4, 0.5) is 11.6 Å². The molecule has 330 valence electrons. The number of carbonyl (C=O) groups excluding carboxylic acids is 1. The highest BCUT2D eigenvalue weighted by Gasteiger charge is 2.54. The molecular weight excluding hydrogens is 931 g/mol. The van der Waals surface area contributed by atoms with Crippen molar-refractivity contribution in [3.8, 4) is 21.4 Å². The van der Waals surface area contributed by atoms with Gasteiger partial charge in [0.1, 0.15) is 61.9 Å². The van der Waals surface area contributed by atoms with Gasteiger partial charge >= 0.3 is 12.8 Å². The van der Waals surface area contributed by atoms with E-state index >= 15 is 0 Å². The van der Waals surface area contributed by atoms with Crippen LogP contribution >= 0.6 is 47.6 Å². The predicted octanol–water partition coefficient (Wildman–Crippen LogP) is 3.59. The van der Waals surface area contributed by atoms with Crippen molar-refractivity contribution >= 4 is 99.3 Å². The molecule has 10 atom stereocenters. The Bertz CT molecular complexity index is 2720. The van der Waals surface area contributed by atoms with Crippen LogP contribution in [0.15, 0.2) is 47.7 Å². The molecule has 4 saturated heterocycles. The average Bonchev–Trinajstić information content (AvgIpc) is 4.09. The Morgan fingerprint density at radius 2 is 1.39 bits per heavy atom. The molecule has 6 aromatic heterocycles. The summed E-state index contributed by atoms with van der Waals surface area (Å²) < 4.78 is 55.2. The van der Waals surface area contributed by atoms with Crippen molar-refractivity contribution in [1.82, 2.24) is 39.0 Å². The van der Waals surface area contributed by atoms with Gasteiger partial charge in [-0.1, -0.05) is 23.9 Å². The number of imidazole rings is 2. The number of anilines is 2. The third-order valence-corrected chi connectivity index (χ3v) is 16.5. The zero-order valence-corrected chi connectivity index (χ0v) is 37.7. The molecular formula is C34H37N10O12P2S4-. The number of nitrogens with zero attached hydrogens (tertiary/aromatic N) is 8. The minimum absolute atomic E-state index is 0.0307. The molecule has 6 N–H and O–H groups in total. The second kappa shape index (κ2) is 16.8. The fourth-order valence-electron chi connectivity index (χ4n) is 7.01. The normalized spacial score (nSPS) is 30.8. The SMILES string of the molecule is CC(C)(C)C(=O)OCS[P@]1(=O)OCC2O[C@@H](n3c(-c4cccs4)nc4c(N)ncnc43)[C@@H](O)C2O1.Nc1ncnc2c1nc(-c1cccs1)n2[C@@H]1OC2COP([O-])(=S)OC2[C@@H]1O. The van der Waals surface area contributed by atoms with E-state index in [1.54, 1.807) is 29.9 Å². The number of aromatic nitrogens is 8. The van der Waals surface area contributed by atoms with Crippen molar-refractivity contribution in [2.24, 2.45) is 5.41 Å². The maximum atomic E-state index is 13.2. The molecule has 4 aliphatic rings. The van der Waals surface area contributed by atoms with E-state index in [1.807, 2.05) is 35.0 Å². The van der Waals surface area contributed by atoms with Gasteiger partial charge in [-0.15, -0.1) is 22.7 Å². The van der Waals surface area contributed by atoms with Gasteiger partial charge in [0.2, 0.25) is 0 Å². The Morgan fingerprint density at radius 1 is 0.887 bits per heavy atom. The second-order valence-corrected chi connectivity index (χ2v) is 23.7. The lowest BCUT2D eigenvalue weighted by atomic mass is 9.98. The molecule has 10 heterocycles. The van der Waals surface area contributed by atoms with Gasteiger partial charge in [-0.2, -0.15) is 0 Å². The summed E-state index contributed by atoms with van der Waals surface area (Å²) in [5.41, 5.74) is 12.9. The molecule has 10 rings (SSSR count). The monoisotopic (exact) mass is 967 g/mol. The van der Waals surface area contributed by atoms with Crippen LogP contribution < -0.4 is 16.4 Å². The van der Waals surface area contributed by atoms with Crippen molar-refractivity contribution in [3.05, 3.63) is 47.7 Å². The van der Waals surface area contributed by atoms with Crippen molar-refractivity contribution < 1.29 is 56.8 Å². The van der Waals surface area contributed by atoms with E-state index in [2.05, 4.69) is 29.9 Å². The van der Waals surface area contributed by atoms with Crippen LogP contribution in [0.5, 0.6) is 0 Å². The predicted molar refractivity (Wildman–Crippen MR) is 227 cm³/mol. The standard InChI is InChI=1S/C20H24N5O7PS2.C14H14N5O5PS2/c1-20(2,3)19(27)29-9-35-33(28)30-7-10-14(32-33)13(26)18(31-10)25-16(11-5-4-6-34-11)24-12-15(21)22-8-23-17(12)25;15-11-8-13(17-5-16-11)19(12(18-8)7-2-1-3-27-7)14-9(20)10-6(23-14)4-22-25(21,26)24-10/h4-6,8,10,13-14,18,26H,7,9H2,1-3H3,(H2,21,22,23);1-3,5-6,9-10,14,20H,4H2,(H,21,26)(H2,15,16,17)/p-1/t10?,13-,14?,18+,33+;6?,9-,10?,14+,25?/m00/s1. The summed E-state index contributed by atoms with van der Waals surface area (Å²) in [6.07, 6.45) is -4.73. The summed E-state index contributed by atoms with van der Waals surface area (Å²) in [4.78, 5) is 51.4. The largest absolute Gasteiger partial charge is 0.780 e. The van der Waals surface area contributed by atoms with E-state index in [4.69, 9.17) is 55.6 Å². The zero-order chi connectivity index (χ0) is 43.7. The fraction of sp³-hybridized carbons (Fsp3) is 0.441. The van der Waals surface area contributed by atoms with Gasteiger partial charge in [0.25, 0.3) is 0 Å². The molecule has 0 radical (unpaired) electrons. The minimum atomic E-state index is -3.72. The summed E-state index contributed by atoms with van der Waals surface area (Å²) in [6, 6.07) is 7.53. The van der Waals surface area contributed by atoms with Crippen LogP contribution in [0.1, 0.15) is 33.2 Å². The van der Waals surface area contributed by atoms with Gasteiger partial charge in [0.05, 0.1) is 28.4 Å². The summed E-state index contributed by atoms with van der Waals surface area (Å²) in [5, 5.41) is 25.9. The third-order valence-electron chi connectivity index (χ3n) is 9.93. The highest BCUT2D eigenvalue weighted by Crippen LogP contribution is 2.65. The molecule has 0 spiro atoms. The van der Waals surface area contributed by atoms with E-state index in [9.17, 15) is 24.5 Å². The Labute approximate surface area is 368 Å². The van der Waals surface area contributed by atoms with E-state index < -0.39 is 74.0 Å². The number of nitrogen functional groups attached to an aromatic ring is 2. The molecule has 62 heavy (non-hydrogen) atoms. The molecule has 0 amide bonds. The van der Waals surface area contributed by atoms with E-state index in [-0.39, 0.29) is 30.8 Å². The summed E-state index contributed by atoms with van der Waals surface area (Å²) in [5.74, 6) is 0.786. The number of ether oxygens (including phenoxy) is 3. The minimum Gasteiger partial charge on any atom is -0.780 e. The fourth-order valence-corrected chi connectivity index (χ4v) is 12.7. The van der Waals surface area contributed by atoms with Gasteiger partial charge in [-0.25, -0.2) is 34.5 Å². The molecule has 0 aliphatic carbocycles. The van der Waals surface area contributed by atoms with Crippen molar-refractivity contribution in [2.75, 3.05) is 30.6 Å². The molecule has 5 unspecified atom stereocenters. The molecule has 22 nitrogen and oxygen atoms in total. The van der Waals surface area contributed by atoms with Crippen LogP contribution in [0.25, 0.3) is 43.7 Å². The number of thiophene rings is 2. The van der Waals surface area contributed by atoms with E-state index in [1.165, 1.54) is 35.3 Å². The number of hydrogen-bond acceptors (Lipinski definition) is 24. The number of rotatable bonds is 7. The number of aliphatic hydroxyl groups is 2. The molecule has 6 aromatic rings. The lowest BCUT2D eigenvalue weighted by molar-refractivity contribution is -0.227. The molecule has 4 aliphatic heterocycles. The number of aliphatic hydroxyl groups excluding tert-OH is 2. The van der Waals surface area contributed by atoms with Gasteiger partial charge in [-0.3, -0.25) is 23.0 Å². The van der Waals surface area contributed by atoms with Crippen LogP contribution in [0.2, 0.25) is 0 Å². The first-order chi connectivity index (χ1) is 29.5. The molecule has 0 bridgehead atoms. The number of hydrogen-bond donors (Lipinski definition) is 4. The maximum Gasteiger partial charge on any atom is 0.392 e. The van der Waals surface area contributed by atoms with Gasteiger partial charge < -0.3 is 49.8 Å². The van der Waals surface area contributed by atoms with Gasteiger partial charge in [-0.05, 0) is 43.7 Å². The molecule has 4 fully saturated rings. The van der Waals surface area contributed by atoms with Crippen LogP contribution in [-0.2, 0) is 53.5 Å². The molecule has 0 aromatic carbocycles. The van der Waals surface area contributed by atoms with Crippen molar-refractivity contribution in [2.45, 2.75) is 69.9 Å². The van der Waals surface area contributed by atoms with Crippen LogP contribution in [-0.4, -0.2) is 111 Å².